The molecule has 0 aliphatic heterocycles. The van der Waals surface area contributed by atoms with Gasteiger partial charge in [-0.2, -0.15) is 0 Å². The minimum absolute atomic E-state index is 0.0567. The molecular weight excluding hydrogens is 148 g/mol. The van der Waals surface area contributed by atoms with Crippen LogP contribution in [0.1, 0.15) is 26.2 Å². The van der Waals surface area contributed by atoms with Gasteiger partial charge in [-0.05, 0) is 25.8 Å². The van der Waals surface area contributed by atoms with Crippen LogP contribution in [0.25, 0.3) is 0 Å². The Morgan fingerprint density at radius 2 is 2.40 bits per heavy atom. The Morgan fingerprint density at radius 3 is 3.10 bits per heavy atom. The van der Waals surface area contributed by atoms with Gasteiger partial charge in [0.1, 0.15) is 0 Å². The van der Waals surface area contributed by atoms with E-state index in [1.165, 1.54) is 0 Å². The standard InChI is InChI=1S/C8H11ClO/c1-6-2-3-7(9)5-8(10)4-6/h4,7H,2-3,5H2,1H3. The Balaban J connectivity index is 2.62. The van der Waals surface area contributed by atoms with E-state index in [1.807, 2.05) is 6.92 Å². The molecule has 0 amide bonds. The van der Waals surface area contributed by atoms with E-state index in [0.29, 0.717) is 6.42 Å². The Labute approximate surface area is 66.1 Å². The van der Waals surface area contributed by atoms with Gasteiger partial charge in [0, 0.05) is 11.8 Å². The number of alkyl halides is 1. The summed E-state index contributed by atoms with van der Waals surface area (Å²) in [5, 5.41) is 0.0567. The molecule has 1 unspecified atom stereocenters. The molecule has 0 radical (unpaired) electrons. The SMILES string of the molecule is CC1=CC(=O)CC(Cl)CC1. The zero-order valence-electron chi connectivity index (χ0n) is 6.06. The van der Waals surface area contributed by atoms with Gasteiger partial charge in [0.15, 0.2) is 5.78 Å². The highest BCUT2D eigenvalue weighted by molar-refractivity contribution is 6.22. The van der Waals surface area contributed by atoms with Gasteiger partial charge in [0.2, 0.25) is 0 Å². The topological polar surface area (TPSA) is 17.1 Å². The van der Waals surface area contributed by atoms with Crippen molar-refractivity contribution in [2.75, 3.05) is 0 Å². The smallest absolute Gasteiger partial charge is 0.157 e. The molecule has 56 valence electrons. The lowest BCUT2D eigenvalue weighted by Crippen LogP contribution is -2.02. The molecule has 1 nitrogen and oxygen atoms in total. The number of allylic oxidation sites excluding steroid dienone is 2. The van der Waals surface area contributed by atoms with Crippen molar-refractivity contribution in [3.05, 3.63) is 11.6 Å². The largest absolute Gasteiger partial charge is 0.295 e. The van der Waals surface area contributed by atoms with Gasteiger partial charge in [0.05, 0.1) is 0 Å². The molecule has 1 rings (SSSR count). The number of rotatable bonds is 0. The van der Waals surface area contributed by atoms with Crippen LogP contribution < -0.4 is 0 Å². The number of ketones is 1. The highest BCUT2D eigenvalue weighted by atomic mass is 35.5. The fraction of sp³-hybridized carbons (Fsp3) is 0.625. The van der Waals surface area contributed by atoms with Crippen LogP contribution in [0.4, 0.5) is 0 Å². The van der Waals surface area contributed by atoms with Crippen LogP contribution >= 0.6 is 11.6 Å². The van der Waals surface area contributed by atoms with E-state index in [-0.39, 0.29) is 11.2 Å². The third-order valence-corrected chi connectivity index (χ3v) is 2.05. The van der Waals surface area contributed by atoms with Crippen LogP contribution in [0.5, 0.6) is 0 Å². The van der Waals surface area contributed by atoms with Crippen LogP contribution in [0.2, 0.25) is 0 Å². The van der Waals surface area contributed by atoms with Crippen LogP contribution in [0, 0.1) is 0 Å². The lowest BCUT2D eigenvalue weighted by Gasteiger charge is -2.00. The summed E-state index contributed by atoms with van der Waals surface area (Å²) >= 11 is 5.83. The quantitative estimate of drug-likeness (QED) is 0.495. The number of hydrogen-bond acceptors (Lipinski definition) is 1. The van der Waals surface area contributed by atoms with Crippen LogP contribution in [0.15, 0.2) is 11.6 Å². The maximum absolute atomic E-state index is 10.9. The van der Waals surface area contributed by atoms with E-state index in [4.69, 9.17) is 11.6 Å². The van der Waals surface area contributed by atoms with Gasteiger partial charge in [-0.3, -0.25) is 4.79 Å². The number of halogens is 1. The van der Waals surface area contributed by atoms with Crippen molar-refractivity contribution in [1.29, 1.82) is 0 Å². The summed E-state index contributed by atoms with van der Waals surface area (Å²) in [5.74, 6) is 0.176. The molecule has 2 heteroatoms. The molecule has 0 N–H and O–H groups in total. The summed E-state index contributed by atoms with van der Waals surface area (Å²) < 4.78 is 0. The van der Waals surface area contributed by atoms with Crippen molar-refractivity contribution in [3.8, 4) is 0 Å². The Bertz CT molecular complexity index is 172. The first-order valence-corrected chi connectivity index (χ1v) is 3.96. The van der Waals surface area contributed by atoms with Gasteiger partial charge in [-0.15, -0.1) is 11.6 Å². The monoisotopic (exact) mass is 158 g/mol. The van der Waals surface area contributed by atoms with Gasteiger partial charge in [-0.25, -0.2) is 0 Å². The van der Waals surface area contributed by atoms with Gasteiger partial charge in [0.25, 0.3) is 0 Å². The molecule has 1 aliphatic rings. The normalized spacial score (nSPS) is 27.6. The molecule has 0 heterocycles. The second kappa shape index (κ2) is 3.20. The summed E-state index contributed by atoms with van der Waals surface area (Å²) in [5.41, 5.74) is 1.16. The van der Waals surface area contributed by atoms with Gasteiger partial charge >= 0.3 is 0 Å². The van der Waals surface area contributed by atoms with Crippen molar-refractivity contribution in [1.82, 2.24) is 0 Å². The van der Waals surface area contributed by atoms with Crippen molar-refractivity contribution < 1.29 is 4.79 Å². The summed E-state index contributed by atoms with van der Waals surface area (Å²) in [7, 11) is 0. The Morgan fingerprint density at radius 1 is 1.70 bits per heavy atom. The summed E-state index contributed by atoms with van der Waals surface area (Å²) in [6.07, 6.45) is 4.14. The molecule has 0 aromatic carbocycles. The van der Waals surface area contributed by atoms with E-state index in [9.17, 15) is 4.79 Å². The van der Waals surface area contributed by atoms with Crippen LogP contribution in [-0.4, -0.2) is 11.2 Å². The molecule has 10 heavy (non-hydrogen) atoms. The molecule has 0 fully saturated rings. The maximum Gasteiger partial charge on any atom is 0.157 e. The highest BCUT2D eigenvalue weighted by Gasteiger charge is 2.13. The van der Waals surface area contributed by atoms with Gasteiger partial charge in [-0.1, -0.05) is 5.57 Å². The van der Waals surface area contributed by atoms with E-state index in [1.54, 1.807) is 6.08 Å². The zero-order chi connectivity index (χ0) is 7.56. The molecule has 0 aromatic heterocycles. The predicted octanol–water partition coefficient (Wildman–Crippen LogP) is 2.29. The zero-order valence-corrected chi connectivity index (χ0v) is 6.82. The lowest BCUT2D eigenvalue weighted by atomic mass is 10.1. The van der Waals surface area contributed by atoms with Crippen LogP contribution in [0.3, 0.4) is 0 Å². The molecule has 1 aliphatic carbocycles. The van der Waals surface area contributed by atoms with E-state index in [2.05, 4.69) is 0 Å². The third kappa shape index (κ3) is 2.14. The molecule has 0 spiro atoms. The molecule has 0 saturated carbocycles. The maximum atomic E-state index is 10.9. The number of carbonyl (C=O) groups is 1. The number of carbonyl (C=O) groups excluding carboxylic acids is 1. The first kappa shape index (κ1) is 7.80. The summed E-state index contributed by atoms with van der Waals surface area (Å²) in [6.45, 7) is 1.98. The molecule has 0 bridgehead atoms. The molecule has 1 atom stereocenters. The van der Waals surface area contributed by atoms with Gasteiger partial charge < -0.3 is 0 Å². The second-order valence-electron chi connectivity index (χ2n) is 2.80. The average Bonchev–Trinajstić information content (AvgIpc) is 1.93. The van der Waals surface area contributed by atoms with Crippen molar-refractivity contribution >= 4 is 17.4 Å². The molecule has 0 saturated heterocycles. The van der Waals surface area contributed by atoms with Crippen molar-refractivity contribution in [3.63, 3.8) is 0 Å². The first-order valence-electron chi connectivity index (χ1n) is 3.52. The molecule has 0 aromatic rings. The van der Waals surface area contributed by atoms with E-state index < -0.39 is 0 Å². The number of hydrogen-bond donors (Lipinski definition) is 0. The lowest BCUT2D eigenvalue weighted by molar-refractivity contribution is -0.114. The fourth-order valence-electron chi connectivity index (χ4n) is 1.11. The summed E-state index contributed by atoms with van der Waals surface area (Å²) in [6, 6.07) is 0. The van der Waals surface area contributed by atoms with E-state index in [0.717, 1.165) is 18.4 Å². The Kier molecular flexibility index (Phi) is 2.50. The first-order chi connectivity index (χ1) is 4.68. The van der Waals surface area contributed by atoms with E-state index >= 15 is 0 Å². The van der Waals surface area contributed by atoms with Crippen molar-refractivity contribution in [2.45, 2.75) is 31.6 Å². The second-order valence-corrected chi connectivity index (χ2v) is 3.41. The summed E-state index contributed by atoms with van der Waals surface area (Å²) in [4.78, 5) is 10.9. The highest BCUT2D eigenvalue weighted by Crippen LogP contribution is 2.19. The Hall–Kier alpha value is -0.300. The average molecular weight is 159 g/mol. The predicted molar refractivity (Wildman–Crippen MR) is 42.3 cm³/mol. The minimum atomic E-state index is 0.0567. The van der Waals surface area contributed by atoms with Crippen LogP contribution in [-0.2, 0) is 4.79 Å². The third-order valence-electron chi connectivity index (χ3n) is 1.68. The fourth-order valence-corrected chi connectivity index (χ4v) is 1.37. The van der Waals surface area contributed by atoms with Crippen molar-refractivity contribution in [2.24, 2.45) is 0 Å². The molecular formula is C8H11ClO. The minimum Gasteiger partial charge on any atom is -0.295 e.